The fraction of sp³-hybridized carbons (Fsp3) is 0.300. The van der Waals surface area contributed by atoms with Crippen molar-refractivity contribution in [1.29, 1.82) is 0 Å². The first-order chi connectivity index (χ1) is 13.7. The number of thiazole rings is 1. The van der Waals surface area contributed by atoms with Gasteiger partial charge >= 0.3 is 0 Å². The summed E-state index contributed by atoms with van der Waals surface area (Å²) in [7, 11) is 0. The lowest BCUT2D eigenvalue weighted by atomic mass is 10.1. The predicted molar refractivity (Wildman–Crippen MR) is 114 cm³/mol. The van der Waals surface area contributed by atoms with Crippen molar-refractivity contribution < 1.29 is 4.79 Å². The average molecular weight is 412 g/mol. The summed E-state index contributed by atoms with van der Waals surface area (Å²) in [5.74, 6) is -0.104. The molecule has 1 unspecified atom stereocenters. The van der Waals surface area contributed by atoms with Gasteiger partial charge in [0.1, 0.15) is 0 Å². The Hall–Kier alpha value is -2.45. The van der Waals surface area contributed by atoms with E-state index in [9.17, 15) is 4.79 Å². The number of anilines is 1. The lowest BCUT2D eigenvalue weighted by Crippen LogP contribution is -2.28. The van der Waals surface area contributed by atoms with E-state index in [1.165, 1.54) is 12.8 Å². The van der Waals surface area contributed by atoms with Gasteiger partial charge in [0.15, 0.2) is 5.13 Å². The fourth-order valence-electron chi connectivity index (χ4n) is 2.68. The lowest BCUT2D eigenvalue weighted by Gasteiger charge is -2.15. The summed E-state index contributed by atoms with van der Waals surface area (Å²) in [5, 5.41) is 6.72. The molecular weight excluding hydrogens is 390 g/mol. The monoisotopic (exact) mass is 411 g/mol. The van der Waals surface area contributed by atoms with Crippen molar-refractivity contribution in [3.05, 3.63) is 59.5 Å². The minimum Gasteiger partial charge on any atom is -0.344 e. The van der Waals surface area contributed by atoms with Gasteiger partial charge in [0.25, 0.3) is 5.91 Å². The number of carbonyl (C=O) groups is 1. The molecule has 1 amide bonds. The Kier molecular flexibility index (Phi) is 5.87. The smallest absolute Gasteiger partial charge is 0.251 e. The molecule has 1 atom stereocenters. The molecule has 144 valence electrons. The average Bonchev–Trinajstić information content (AvgIpc) is 3.47. The molecule has 2 heterocycles. The third-order valence-electron chi connectivity index (χ3n) is 4.44. The van der Waals surface area contributed by atoms with E-state index in [1.807, 2.05) is 36.6 Å². The van der Waals surface area contributed by atoms with E-state index >= 15 is 0 Å². The Morgan fingerprint density at radius 2 is 2.11 bits per heavy atom. The van der Waals surface area contributed by atoms with E-state index in [-0.39, 0.29) is 11.9 Å². The minimum atomic E-state index is -0.107. The molecule has 3 aromatic rings. The van der Waals surface area contributed by atoms with Crippen LogP contribution in [0.2, 0.25) is 0 Å². The van der Waals surface area contributed by atoms with E-state index in [4.69, 9.17) is 0 Å². The van der Waals surface area contributed by atoms with E-state index < -0.39 is 0 Å². The number of amides is 1. The third kappa shape index (κ3) is 4.69. The molecular formula is C20H21N5OS2. The first-order valence-corrected chi connectivity index (χ1v) is 11.0. The largest absolute Gasteiger partial charge is 0.344 e. The van der Waals surface area contributed by atoms with Crippen LogP contribution in [0.4, 0.5) is 5.13 Å². The molecule has 1 aliphatic rings. The molecule has 1 aromatic carbocycles. The number of hydrogen-bond acceptors (Lipinski definition) is 7. The summed E-state index contributed by atoms with van der Waals surface area (Å²) >= 11 is 3.32. The summed E-state index contributed by atoms with van der Waals surface area (Å²) in [6.45, 7) is 2.05. The molecule has 2 aromatic heterocycles. The second-order valence-electron chi connectivity index (χ2n) is 6.60. The molecule has 6 nitrogen and oxygen atoms in total. The van der Waals surface area contributed by atoms with Gasteiger partial charge in [-0.25, -0.2) is 4.98 Å². The van der Waals surface area contributed by atoms with Gasteiger partial charge in [0, 0.05) is 34.2 Å². The third-order valence-corrected chi connectivity index (χ3v) is 6.46. The van der Waals surface area contributed by atoms with Crippen LogP contribution in [0.3, 0.4) is 0 Å². The highest BCUT2D eigenvalue weighted by Gasteiger charge is 2.23. The molecule has 0 bridgehead atoms. The van der Waals surface area contributed by atoms with E-state index in [1.54, 1.807) is 41.9 Å². The topological polar surface area (TPSA) is 79.8 Å². The molecule has 2 N–H and O–H groups in total. The van der Waals surface area contributed by atoms with Crippen LogP contribution < -0.4 is 10.0 Å². The normalized spacial score (nSPS) is 14.5. The van der Waals surface area contributed by atoms with Gasteiger partial charge in [-0.15, -0.1) is 11.3 Å². The zero-order valence-corrected chi connectivity index (χ0v) is 17.1. The van der Waals surface area contributed by atoms with Crippen LogP contribution >= 0.6 is 23.3 Å². The van der Waals surface area contributed by atoms with E-state index in [0.717, 1.165) is 33.8 Å². The number of rotatable bonds is 8. The summed E-state index contributed by atoms with van der Waals surface area (Å²) in [6, 6.07) is 7.29. The molecule has 1 aliphatic carbocycles. The molecule has 0 spiro atoms. The zero-order valence-electron chi connectivity index (χ0n) is 15.5. The Morgan fingerprint density at radius 3 is 2.79 bits per heavy atom. The van der Waals surface area contributed by atoms with Gasteiger partial charge in [0.2, 0.25) is 0 Å². The highest BCUT2D eigenvalue weighted by Crippen LogP contribution is 2.35. The number of hydrogen-bond donors (Lipinski definition) is 2. The van der Waals surface area contributed by atoms with Crippen molar-refractivity contribution in [3.8, 4) is 11.3 Å². The van der Waals surface area contributed by atoms with Crippen molar-refractivity contribution in [1.82, 2.24) is 20.3 Å². The first-order valence-electron chi connectivity index (χ1n) is 9.27. The Labute approximate surface area is 172 Å². The number of nitrogens with zero attached hydrogens (tertiary/aromatic N) is 3. The van der Waals surface area contributed by atoms with Crippen molar-refractivity contribution in [2.75, 3.05) is 4.72 Å². The van der Waals surface area contributed by atoms with Crippen LogP contribution in [0.5, 0.6) is 0 Å². The number of aromatic nitrogens is 3. The highest BCUT2D eigenvalue weighted by molar-refractivity contribution is 8.01. The van der Waals surface area contributed by atoms with Crippen LogP contribution in [0.1, 0.15) is 48.3 Å². The number of benzene rings is 1. The van der Waals surface area contributed by atoms with Crippen LogP contribution in [0, 0.1) is 0 Å². The number of nitrogens with one attached hydrogen (secondary N) is 2. The molecule has 0 radical (unpaired) electrons. The quantitative estimate of drug-likeness (QED) is 0.523. The minimum absolute atomic E-state index is 0.104. The SMILES string of the molecule is CCC(NC(=O)c1ccc(-c2cnccn2)cc1)c1csc(NSC2CC2)n1. The van der Waals surface area contributed by atoms with Gasteiger partial charge in [-0.05, 0) is 43.3 Å². The molecule has 28 heavy (non-hydrogen) atoms. The molecule has 8 heteroatoms. The van der Waals surface area contributed by atoms with Gasteiger partial charge in [-0.2, -0.15) is 0 Å². The Morgan fingerprint density at radius 1 is 1.29 bits per heavy atom. The Bertz CT molecular complexity index is 925. The van der Waals surface area contributed by atoms with Crippen LogP contribution in [-0.2, 0) is 0 Å². The maximum Gasteiger partial charge on any atom is 0.251 e. The van der Waals surface area contributed by atoms with Crippen molar-refractivity contribution >= 4 is 34.3 Å². The van der Waals surface area contributed by atoms with Gasteiger partial charge in [0.05, 0.1) is 23.6 Å². The Balaban J connectivity index is 1.39. The van der Waals surface area contributed by atoms with E-state index in [0.29, 0.717) is 5.56 Å². The maximum atomic E-state index is 12.7. The maximum absolute atomic E-state index is 12.7. The standard InChI is InChI=1S/C20H21N5OS2/c1-2-16(18-12-27-20(24-18)25-28-15-7-8-15)23-19(26)14-5-3-13(4-6-14)17-11-21-9-10-22-17/h3-6,9-12,15-16H,2,7-8H2,1H3,(H,23,26)(H,24,25). The second kappa shape index (κ2) is 8.70. The van der Waals surface area contributed by atoms with Gasteiger partial charge in [-0.1, -0.05) is 19.1 Å². The molecule has 0 saturated heterocycles. The summed E-state index contributed by atoms with van der Waals surface area (Å²) in [5.41, 5.74) is 3.23. The summed E-state index contributed by atoms with van der Waals surface area (Å²) in [6.07, 6.45) is 8.33. The highest BCUT2D eigenvalue weighted by atomic mass is 32.2. The predicted octanol–water partition coefficient (Wildman–Crippen LogP) is 4.70. The summed E-state index contributed by atoms with van der Waals surface area (Å²) in [4.78, 5) is 25.7. The van der Waals surface area contributed by atoms with Crippen molar-refractivity contribution in [3.63, 3.8) is 0 Å². The first kappa shape index (κ1) is 18.9. The van der Waals surface area contributed by atoms with Crippen molar-refractivity contribution in [2.24, 2.45) is 0 Å². The van der Waals surface area contributed by atoms with Crippen LogP contribution in [0.25, 0.3) is 11.3 Å². The van der Waals surface area contributed by atoms with Crippen LogP contribution in [-0.4, -0.2) is 26.1 Å². The fourth-order valence-corrected chi connectivity index (χ4v) is 4.31. The number of carbonyl (C=O) groups excluding carboxylic acids is 1. The van der Waals surface area contributed by atoms with Gasteiger partial charge < -0.3 is 10.0 Å². The lowest BCUT2D eigenvalue weighted by molar-refractivity contribution is 0.0935. The summed E-state index contributed by atoms with van der Waals surface area (Å²) < 4.78 is 3.31. The second-order valence-corrected chi connectivity index (χ2v) is 8.56. The molecule has 0 aliphatic heterocycles. The van der Waals surface area contributed by atoms with Crippen molar-refractivity contribution in [2.45, 2.75) is 37.5 Å². The molecule has 1 saturated carbocycles. The van der Waals surface area contributed by atoms with E-state index in [2.05, 4.69) is 25.0 Å². The molecule has 4 rings (SSSR count). The van der Waals surface area contributed by atoms with Gasteiger partial charge in [-0.3, -0.25) is 14.8 Å². The molecule has 1 fully saturated rings. The zero-order chi connectivity index (χ0) is 19.3. The van der Waals surface area contributed by atoms with Crippen LogP contribution in [0.15, 0.2) is 48.2 Å².